The van der Waals surface area contributed by atoms with Gasteiger partial charge < -0.3 is 5.32 Å². The van der Waals surface area contributed by atoms with E-state index in [-0.39, 0.29) is 11.6 Å². The predicted octanol–water partition coefficient (Wildman–Crippen LogP) is 3.79. The van der Waals surface area contributed by atoms with Crippen LogP contribution >= 0.6 is 11.3 Å². The number of rotatable bonds is 3. The maximum absolute atomic E-state index is 12.3. The van der Waals surface area contributed by atoms with Crippen molar-refractivity contribution in [3.05, 3.63) is 55.8 Å². The minimum Gasteiger partial charge on any atom is -0.321 e. The van der Waals surface area contributed by atoms with Gasteiger partial charge in [0, 0.05) is 17.8 Å². The molecule has 0 atom stereocenters. The highest BCUT2D eigenvalue weighted by molar-refractivity contribution is 7.12. The van der Waals surface area contributed by atoms with E-state index in [4.69, 9.17) is 0 Å². The number of anilines is 1. The van der Waals surface area contributed by atoms with E-state index in [0.717, 1.165) is 24.1 Å². The van der Waals surface area contributed by atoms with Crippen LogP contribution in [0.3, 0.4) is 0 Å². The summed E-state index contributed by atoms with van der Waals surface area (Å²) in [6.45, 7) is 0. The number of nitro groups is 1. The maximum atomic E-state index is 12.3. The standard InChI is InChI=1S/C15H14N2O3S/c18-15(14-13-4-2-1-3-10(13)9-21-14)16-11-5-7-12(8-6-11)17(19)20/h5-9H,1-4H2,(H,16,18). The second kappa shape index (κ2) is 5.65. The summed E-state index contributed by atoms with van der Waals surface area (Å²) in [5, 5.41) is 15.5. The molecule has 1 heterocycles. The molecule has 0 unspecified atom stereocenters. The number of nitrogens with zero attached hydrogens (tertiary/aromatic N) is 1. The third-order valence-corrected chi connectivity index (χ3v) is 4.72. The smallest absolute Gasteiger partial charge is 0.269 e. The Hall–Kier alpha value is -2.21. The summed E-state index contributed by atoms with van der Waals surface area (Å²) in [5.74, 6) is -0.128. The number of aryl methyl sites for hydroxylation is 1. The van der Waals surface area contributed by atoms with Crippen molar-refractivity contribution in [3.8, 4) is 0 Å². The number of hydrogen-bond acceptors (Lipinski definition) is 4. The topological polar surface area (TPSA) is 72.2 Å². The highest BCUT2D eigenvalue weighted by Crippen LogP contribution is 2.30. The van der Waals surface area contributed by atoms with Crippen LogP contribution in [0.5, 0.6) is 0 Å². The van der Waals surface area contributed by atoms with Gasteiger partial charge in [-0.05, 0) is 54.3 Å². The Bertz CT molecular complexity index is 691. The van der Waals surface area contributed by atoms with Crippen molar-refractivity contribution in [2.45, 2.75) is 25.7 Å². The lowest BCUT2D eigenvalue weighted by Gasteiger charge is -2.12. The molecule has 2 aromatic rings. The lowest BCUT2D eigenvalue weighted by molar-refractivity contribution is -0.384. The lowest BCUT2D eigenvalue weighted by Crippen LogP contribution is -2.13. The molecule has 0 bridgehead atoms. The summed E-state index contributed by atoms with van der Waals surface area (Å²) in [4.78, 5) is 23.2. The Balaban J connectivity index is 1.77. The van der Waals surface area contributed by atoms with Gasteiger partial charge in [0.1, 0.15) is 0 Å². The first kappa shape index (κ1) is 13.8. The molecule has 1 N–H and O–H groups in total. The fraction of sp³-hybridized carbons (Fsp3) is 0.267. The van der Waals surface area contributed by atoms with Crippen LogP contribution in [0.4, 0.5) is 11.4 Å². The van der Waals surface area contributed by atoms with Crippen LogP contribution in [0.15, 0.2) is 29.6 Å². The molecule has 1 aromatic carbocycles. The zero-order valence-electron chi connectivity index (χ0n) is 11.3. The van der Waals surface area contributed by atoms with Crippen molar-refractivity contribution in [2.24, 2.45) is 0 Å². The Morgan fingerprint density at radius 1 is 1.19 bits per heavy atom. The van der Waals surface area contributed by atoms with Gasteiger partial charge in [0.2, 0.25) is 0 Å². The molecule has 3 rings (SSSR count). The van der Waals surface area contributed by atoms with Crippen molar-refractivity contribution >= 4 is 28.6 Å². The summed E-state index contributed by atoms with van der Waals surface area (Å²) >= 11 is 1.48. The van der Waals surface area contributed by atoms with Crippen LogP contribution in [0, 0.1) is 10.1 Å². The van der Waals surface area contributed by atoms with Crippen LogP contribution in [0.25, 0.3) is 0 Å². The average molecular weight is 302 g/mol. The molecule has 1 aliphatic rings. The monoisotopic (exact) mass is 302 g/mol. The first-order valence-corrected chi connectivity index (χ1v) is 7.68. The lowest BCUT2D eigenvalue weighted by atomic mass is 9.94. The molecule has 6 heteroatoms. The molecule has 0 saturated heterocycles. The van der Waals surface area contributed by atoms with Gasteiger partial charge in [0.25, 0.3) is 11.6 Å². The maximum Gasteiger partial charge on any atom is 0.269 e. The summed E-state index contributed by atoms with van der Waals surface area (Å²) in [6, 6.07) is 5.88. The molecule has 1 amide bonds. The second-order valence-electron chi connectivity index (χ2n) is 5.03. The average Bonchev–Trinajstić information content (AvgIpc) is 2.92. The van der Waals surface area contributed by atoms with Gasteiger partial charge in [-0.25, -0.2) is 0 Å². The van der Waals surface area contributed by atoms with Gasteiger partial charge in [-0.1, -0.05) is 0 Å². The number of thiophene rings is 1. The molecular weight excluding hydrogens is 288 g/mol. The van der Waals surface area contributed by atoms with Gasteiger partial charge in [-0.3, -0.25) is 14.9 Å². The first-order chi connectivity index (χ1) is 10.1. The Labute approximate surface area is 125 Å². The van der Waals surface area contributed by atoms with Crippen molar-refractivity contribution in [3.63, 3.8) is 0 Å². The molecule has 0 aliphatic heterocycles. The Morgan fingerprint density at radius 3 is 2.62 bits per heavy atom. The molecule has 0 radical (unpaired) electrons. The Kier molecular flexibility index (Phi) is 3.70. The van der Waals surface area contributed by atoms with E-state index in [1.165, 1.54) is 41.0 Å². The fourth-order valence-corrected chi connectivity index (χ4v) is 3.62. The number of nitro benzene ring substituents is 1. The molecule has 1 aromatic heterocycles. The number of fused-ring (bicyclic) bond motifs is 1. The number of amides is 1. The number of hydrogen-bond donors (Lipinski definition) is 1. The highest BCUT2D eigenvalue weighted by Gasteiger charge is 2.20. The SMILES string of the molecule is O=C(Nc1ccc([N+](=O)[O-])cc1)c1scc2c1CCCC2. The van der Waals surface area contributed by atoms with E-state index < -0.39 is 4.92 Å². The quantitative estimate of drug-likeness (QED) is 0.692. The van der Waals surface area contributed by atoms with Gasteiger partial charge >= 0.3 is 0 Å². The van der Waals surface area contributed by atoms with Gasteiger partial charge in [0.15, 0.2) is 0 Å². The third kappa shape index (κ3) is 2.80. The van der Waals surface area contributed by atoms with E-state index in [9.17, 15) is 14.9 Å². The number of carbonyl (C=O) groups is 1. The molecule has 0 fully saturated rings. The van der Waals surface area contributed by atoms with Crippen LogP contribution in [0.2, 0.25) is 0 Å². The van der Waals surface area contributed by atoms with Gasteiger partial charge in [-0.15, -0.1) is 11.3 Å². The molecule has 1 aliphatic carbocycles. The van der Waals surface area contributed by atoms with Crippen molar-refractivity contribution in [1.29, 1.82) is 0 Å². The number of non-ortho nitro benzene ring substituents is 1. The second-order valence-corrected chi connectivity index (χ2v) is 5.91. The van der Waals surface area contributed by atoms with Crippen molar-refractivity contribution in [1.82, 2.24) is 0 Å². The predicted molar refractivity (Wildman–Crippen MR) is 82.0 cm³/mol. The normalized spacial score (nSPS) is 13.5. The van der Waals surface area contributed by atoms with Crippen LogP contribution in [0.1, 0.15) is 33.6 Å². The Morgan fingerprint density at radius 2 is 1.90 bits per heavy atom. The van der Waals surface area contributed by atoms with Crippen molar-refractivity contribution < 1.29 is 9.72 Å². The van der Waals surface area contributed by atoms with Crippen LogP contribution in [-0.4, -0.2) is 10.8 Å². The van der Waals surface area contributed by atoms with Gasteiger partial charge in [0.05, 0.1) is 9.80 Å². The first-order valence-electron chi connectivity index (χ1n) is 6.80. The minimum atomic E-state index is -0.457. The number of benzene rings is 1. The number of nitrogens with one attached hydrogen (secondary N) is 1. The van der Waals surface area contributed by atoms with Crippen LogP contribution in [-0.2, 0) is 12.8 Å². The summed E-state index contributed by atoms with van der Waals surface area (Å²) in [6.07, 6.45) is 4.33. The molecule has 21 heavy (non-hydrogen) atoms. The van der Waals surface area contributed by atoms with Crippen molar-refractivity contribution in [2.75, 3.05) is 5.32 Å². The van der Waals surface area contributed by atoms with E-state index in [0.29, 0.717) is 5.69 Å². The molecule has 0 spiro atoms. The third-order valence-electron chi connectivity index (χ3n) is 3.65. The summed E-state index contributed by atoms with van der Waals surface area (Å²) in [7, 11) is 0. The largest absolute Gasteiger partial charge is 0.321 e. The minimum absolute atomic E-state index is 0.0153. The fourth-order valence-electron chi connectivity index (χ4n) is 2.56. The summed E-state index contributed by atoms with van der Waals surface area (Å²) < 4.78 is 0. The van der Waals surface area contributed by atoms with E-state index in [2.05, 4.69) is 10.7 Å². The van der Waals surface area contributed by atoms with E-state index in [1.54, 1.807) is 12.1 Å². The number of carbonyl (C=O) groups excluding carboxylic acids is 1. The van der Waals surface area contributed by atoms with E-state index in [1.807, 2.05) is 0 Å². The molecular formula is C15H14N2O3S. The molecule has 5 nitrogen and oxygen atoms in total. The van der Waals surface area contributed by atoms with E-state index >= 15 is 0 Å². The van der Waals surface area contributed by atoms with Crippen LogP contribution < -0.4 is 5.32 Å². The molecule has 108 valence electrons. The zero-order valence-corrected chi connectivity index (χ0v) is 12.1. The van der Waals surface area contributed by atoms with Gasteiger partial charge in [-0.2, -0.15) is 0 Å². The zero-order chi connectivity index (χ0) is 14.8. The summed E-state index contributed by atoms with van der Waals surface area (Å²) in [5.41, 5.74) is 3.05. The molecule has 0 saturated carbocycles. The highest BCUT2D eigenvalue weighted by atomic mass is 32.1.